The van der Waals surface area contributed by atoms with Crippen LogP contribution in [0.25, 0.3) is 6.08 Å². The molecular weight excluding hydrogens is 320 g/mol. The number of hydrogen-bond donors (Lipinski definition) is 1. The van der Waals surface area contributed by atoms with Crippen molar-refractivity contribution in [3.63, 3.8) is 0 Å². The van der Waals surface area contributed by atoms with E-state index in [1.165, 1.54) is 13.2 Å². The van der Waals surface area contributed by atoms with Crippen LogP contribution in [-0.2, 0) is 19.7 Å². The van der Waals surface area contributed by atoms with Gasteiger partial charge in [0, 0.05) is 6.08 Å². The molecule has 1 aliphatic heterocycles. The molecule has 1 N–H and O–H groups in total. The summed E-state index contributed by atoms with van der Waals surface area (Å²) in [5.74, 6) is -0.849. The predicted molar refractivity (Wildman–Crippen MR) is 96.3 cm³/mol. The molecule has 25 heavy (non-hydrogen) atoms. The van der Waals surface area contributed by atoms with Crippen molar-refractivity contribution in [2.45, 2.75) is 45.6 Å². The van der Waals surface area contributed by atoms with Gasteiger partial charge in [0.15, 0.2) is 0 Å². The van der Waals surface area contributed by atoms with E-state index in [1.807, 2.05) is 12.1 Å². The summed E-state index contributed by atoms with van der Waals surface area (Å²) < 4.78 is 4.62. The van der Waals surface area contributed by atoms with Gasteiger partial charge in [-0.1, -0.05) is 26.8 Å². The maximum Gasteiger partial charge on any atom is 0.330 e. The number of carbonyl (C=O) groups excluding carboxylic acids is 3. The predicted octanol–water partition coefficient (Wildman–Crippen LogP) is 3.01. The van der Waals surface area contributed by atoms with Crippen LogP contribution in [0.1, 0.15) is 45.7 Å². The monoisotopic (exact) mass is 344 g/mol. The average molecular weight is 344 g/mol. The summed E-state index contributed by atoms with van der Waals surface area (Å²) in [4.78, 5) is 37.5. The third-order valence-corrected chi connectivity index (χ3v) is 4.09. The fourth-order valence-corrected chi connectivity index (χ4v) is 2.55. The first-order valence-electron chi connectivity index (χ1n) is 8.04. The van der Waals surface area contributed by atoms with Crippen molar-refractivity contribution in [3.05, 3.63) is 35.4 Å². The maximum atomic E-state index is 12.6. The summed E-state index contributed by atoms with van der Waals surface area (Å²) >= 11 is 0. The Bertz CT molecular complexity index is 757. The highest BCUT2D eigenvalue weighted by molar-refractivity contribution is 6.23. The van der Waals surface area contributed by atoms with Crippen LogP contribution in [0.15, 0.2) is 24.3 Å². The summed E-state index contributed by atoms with van der Waals surface area (Å²) in [6, 6.07) is 5.01. The van der Waals surface area contributed by atoms with Crippen LogP contribution < -0.4 is 10.2 Å². The molecule has 0 spiro atoms. The van der Waals surface area contributed by atoms with Crippen LogP contribution in [0.2, 0.25) is 0 Å². The Balaban J connectivity index is 2.57. The molecule has 0 bridgehead atoms. The molecule has 1 saturated heterocycles. The number of imide groups is 1. The van der Waals surface area contributed by atoms with E-state index >= 15 is 0 Å². The highest BCUT2D eigenvalue weighted by Gasteiger charge is 2.45. The van der Waals surface area contributed by atoms with Crippen LogP contribution in [0.4, 0.5) is 10.5 Å². The number of nitrogens with one attached hydrogen (secondary N) is 1. The molecule has 1 heterocycles. The largest absolute Gasteiger partial charge is 0.466 e. The minimum Gasteiger partial charge on any atom is -0.466 e. The number of benzene rings is 1. The Labute approximate surface area is 147 Å². The number of hydrogen-bond acceptors (Lipinski definition) is 4. The zero-order valence-corrected chi connectivity index (χ0v) is 15.5. The Kier molecular flexibility index (Phi) is 4.75. The van der Waals surface area contributed by atoms with Gasteiger partial charge in [-0.2, -0.15) is 0 Å². The van der Waals surface area contributed by atoms with Crippen LogP contribution >= 0.6 is 0 Å². The molecule has 0 aliphatic carbocycles. The Morgan fingerprint density at radius 1 is 1.24 bits per heavy atom. The van der Waals surface area contributed by atoms with Crippen LogP contribution in [0.5, 0.6) is 0 Å². The topological polar surface area (TPSA) is 75.7 Å². The molecule has 0 unspecified atom stereocenters. The second-order valence-corrected chi connectivity index (χ2v) is 7.58. The van der Waals surface area contributed by atoms with Crippen molar-refractivity contribution >= 4 is 29.7 Å². The van der Waals surface area contributed by atoms with Gasteiger partial charge >= 0.3 is 12.0 Å². The van der Waals surface area contributed by atoms with Gasteiger partial charge in [0.2, 0.25) is 0 Å². The van der Waals surface area contributed by atoms with Crippen molar-refractivity contribution in [3.8, 4) is 0 Å². The number of nitrogens with zero attached hydrogens (tertiary/aromatic N) is 1. The lowest BCUT2D eigenvalue weighted by atomic mass is 9.85. The van der Waals surface area contributed by atoms with Crippen LogP contribution in [0, 0.1) is 0 Å². The van der Waals surface area contributed by atoms with E-state index in [-0.39, 0.29) is 11.3 Å². The van der Waals surface area contributed by atoms with Crippen molar-refractivity contribution in [2.24, 2.45) is 0 Å². The lowest BCUT2D eigenvalue weighted by Gasteiger charge is -2.23. The summed E-state index contributed by atoms with van der Waals surface area (Å²) in [5, 5.41) is 2.66. The molecule has 2 rings (SSSR count). The highest BCUT2D eigenvalue weighted by atomic mass is 16.5. The molecule has 0 saturated carbocycles. The van der Waals surface area contributed by atoms with E-state index < -0.39 is 17.5 Å². The summed E-state index contributed by atoms with van der Waals surface area (Å²) in [6.45, 7) is 9.49. The molecule has 6 heteroatoms. The first-order chi connectivity index (χ1) is 11.5. The lowest BCUT2D eigenvalue weighted by Crippen LogP contribution is -2.40. The third-order valence-electron chi connectivity index (χ3n) is 4.09. The minimum absolute atomic E-state index is 0.122. The quantitative estimate of drug-likeness (QED) is 0.519. The highest BCUT2D eigenvalue weighted by Crippen LogP contribution is 2.32. The van der Waals surface area contributed by atoms with E-state index in [9.17, 15) is 14.4 Å². The number of anilines is 1. The van der Waals surface area contributed by atoms with Crippen LogP contribution in [-0.4, -0.2) is 30.6 Å². The molecule has 0 atom stereocenters. The van der Waals surface area contributed by atoms with Crippen molar-refractivity contribution in [1.29, 1.82) is 0 Å². The molecule has 6 nitrogen and oxygen atoms in total. The molecule has 1 fully saturated rings. The molecule has 3 amide bonds. The lowest BCUT2D eigenvalue weighted by molar-refractivity contribution is -0.134. The average Bonchev–Trinajstić information content (AvgIpc) is 2.71. The first-order valence-corrected chi connectivity index (χ1v) is 8.04. The fourth-order valence-electron chi connectivity index (χ4n) is 2.55. The van der Waals surface area contributed by atoms with Gasteiger partial charge in [-0.05, 0) is 48.6 Å². The number of urea groups is 1. The SMILES string of the molecule is COC(=O)/C=C/c1cc(C(C)(C)C)ccc1N1C(=O)NC(C)(C)C1=O. The summed E-state index contributed by atoms with van der Waals surface area (Å²) in [7, 11) is 1.29. The zero-order chi connectivity index (χ0) is 19.0. The standard InChI is InChI=1S/C19H24N2O4/c1-18(2,3)13-8-9-14(12(11-13)7-10-15(22)25-6)21-16(23)19(4,5)20-17(21)24/h7-11H,1-6H3,(H,20,24)/b10-7+. The fraction of sp³-hybridized carbons (Fsp3) is 0.421. The minimum atomic E-state index is -0.969. The van der Waals surface area contributed by atoms with Crippen molar-refractivity contribution in [1.82, 2.24) is 5.32 Å². The zero-order valence-electron chi connectivity index (χ0n) is 15.5. The first kappa shape index (κ1) is 18.7. The summed E-state index contributed by atoms with van der Waals surface area (Å²) in [5.41, 5.74) is 0.957. The molecule has 0 radical (unpaired) electrons. The van der Waals surface area contributed by atoms with Crippen LogP contribution in [0.3, 0.4) is 0 Å². The van der Waals surface area contributed by atoms with Gasteiger partial charge in [-0.3, -0.25) is 4.79 Å². The van der Waals surface area contributed by atoms with E-state index in [1.54, 1.807) is 26.0 Å². The Morgan fingerprint density at radius 3 is 2.36 bits per heavy atom. The van der Waals surface area contributed by atoms with Crippen molar-refractivity contribution < 1.29 is 19.1 Å². The molecular formula is C19H24N2O4. The second-order valence-electron chi connectivity index (χ2n) is 7.58. The van der Waals surface area contributed by atoms with Gasteiger partial charge < -0.3 is 10.1 Å². The number of esters is 1. The number of rotatable bonds is 3. The normalized spacial score (nSPS) is 17.1. The Morgan fingerprint density at radius 2 is 1.88 bits per heavy atom. The second kappa shape index (κ2) is 6.35. The molecule has 1 aliphatic rings. The third kappa shape index (κ3) is 3.73. The summed E-state index contributed by atoms with van der Waals surface area (Å²) in [6.07, 6.45) is 2.83. The number of amides is 3. The smallest absolute Gasteiger partial charge is 0.330 e. The number of carbonyl (C=O) groups is 3. The van der Waals surface area contributed by atoms with E-state index in [4.69, 9.17) is 0 Å². The molecule has 1 aromatic carbocycles. The van der Waals surface area contributed by atoms with Gasteiger partial charge in [-0.15, -0.1) is 0 Å². The maximum absolute atomic E-state index is 12.6. The van der Waals surface area contributed by atoms with E-state index in [2.05, 4.69) is 30.8 Å². The number of methoxy groups -OCH3 is 1. The van der Waals surface area contributed by atoms with Gasteiger partial charge in [-0.25, -0.2) is 14.5 Å². The van der Waals surface area contributed by atoms with E-state index in [0.29, 0.717) is 11.3 Å². The van der Waals surface area contributed by atoms with Gasteiger partial charge in [0.25, 0.3) is 5.91 Å². The van der Waals surface area contributed by atoms with E-state index in [0.717, 1.165) is 10.5 Å². The molecule has 134 valence electrons. The number of ether oxygens (including phenoxy) is 1. The van der Waals surface area contributed by atoms with Gasteiger partial charge in [0.05, 0.1) is 12.8 Å². The molecule has 0 aromatic heterocycles. The molecule has 1 aromatic rings. The Hall–Kier alpha value is -2.63. The van der Waals surface area contributed by atoms with Gasteiger partial charge in [0.1, 0.15) is 5.54 Å². The van der Waals surface area contributed by atoms with Crippen molar-refractivity contribution in [2.75, 3.05) is 12.0 Å².